The highest BCUT2D eigenvalue weighted by molar-refractivity contribution is 6.02. The molecule has 0 radical (unpaired) electrons. The van der Waals surface area contributed by atoms with Crippen molar-refractivity contribution in [2.45, 2.75) is 6.92 Å². The van der Waals surface area contributed by atoms with Crippen LogP contribution in [-0.2, 0) is 0 Å². The van der Waals surface area contributed by atoms with Crippen LogP contribution in [0.1, 0.15) is 15.9 Å². The third-order valence-corrected chi connectivity index (χ3v) is 3.44. The summed E-state index contributed by atoms with van der Waals surface area (Å²) in [6, 6.07) is 2.75. The second-order valence-corrected chi connectivity index (χ2v) is 5.08. The van der Waals surface area contributed by atoms with Crippen LogP contribution in [0.5, 0.6) is 5.75 Å². The van der Waals surface area contributed by atoms with Gasteiger partial charge in [-0.1, -0.05) is 0 Å². The number of aryl methyl sites for hydroxylation is 1. The lowest BCUT2D eigenvalue weighted by Crippen LogP contribution is -2.01. The van der Waals surface area contributed by atoms with Gasteiger partial charge in [-0.2, -0.15) is 8.78 Å². The lowest BCUT2D eigenvalue weighted by molar-refractivity contribution is 0.0698. The van der Waals surface area contributed by atoms with Gasteiger partial charge >= 0.3 is 5.97 Å². The average molecular weight is 340 g/mol. The number of rotatable bonds is 2. The predicted octanol–water partition coefficient (Wildman–Crippen LogP) is 3.50. The minimum absolute atomic E-state index is 0.120. The van der Waals surface area contributed by atoms with E-state index in [9.17, 15) is 22.4 Å². The normalized spacial score (nSPS) is 11.2. The zero-order valence-corrected chi connectivity index (χ0v) is 11.9. The standard InChI is InChI=1S/C15H8F4N2O3/c1-4-2-5(15(23)24)12-6(3-4)20-14(21-12)7-8(16)10(18)13(22)11(19)9(7)17/h2-3,22H,1H3,(H,20,21)(H,23,24). The third kappa shape index (κ3) is 2.16. The van der Waals surface area contributed by atoms with Crippen LogP contribution < -0.4 is 0 Å². The van der Waals surface area contributed by atoms with E-state index in [0.717, 1.165) is 0 Å². The number of halogens is 4. The number of phenols is 1. The number of hydrogen-bond donors (Lipinski definition) is 3. The third-order valence-electron chi connectivity index (χ3n) is 3.44. The Morgan fingerprint density at radius 1 is 1.08 bits per heavy atom. The monoisotopic (exact) mass is 340 g/mol. The summed E-state index contributed by atoms with van der Waals surface area (Å²) in [5.41, 5.74) is -0.897. The Kier molecular flexibility index (Phi) is 3.43. The van der Waals surface area contributed by atoms with E-state index < -0.39 is 46.4 Å². The fraction of sp³-hybridized carbons (Fsp3) is 0.0667. The van der Waals surface area contributed by atoms with Crippen molar-refractivity contribution in [3.63, 3.8) is 0 Å². The van der Waals surface area contributed by atoms with Crippen LogP contribution in [-0.4, -0.2) is 26.2 Å². The molecule has 124 valence electrons. The Balaban J connectivity index is 2.37. The Bertz CT molecular complexity index is 985. The number of nitrogens with one attached hydrogen (secondary N) is 1. The quantitative estimate of drug-likeness (QED) is 0.492. The molecule has 0 unspecified atom stereocenters. The van der Waals surface area contributed by atoms with Gasteiger partial charge in [0.15, 0.2) is 17.4 Å². The maximum atomic E-state index is 13.9. The fourth-order valence-corrected chi connectivity index (χ4v) is 2.37. The van der Waals surface area contributed by atoms with Crippen LogP contribution in [0.15, 0.2) is 12.1 Å². The van der Waals surface area contributed by atoms with E-state index >= 15 is 0 Å². The number of phenolic OH excluding ortho intramolecular Hbond substituents is 1. The van der Waals surface area contributed by atoms with E-state index in [1.807, 2.05) is 0 Å². The molecule has 0 aliphatic carbocycles. The van der Waals surface area contributed by atoms with Crippen molar-refractivity contribution in [1.82, 2.24) is 9.97 Å². The predicted molar refractivity (Wildman–Crippen MR) is 74.7 cm³/mol. The van der Waals surface area contributed by atoms with Crippen molar-refractivity contribution >= 4 is 17.0 Å². The van der Waals surface area contributed by atoms with Gasteiger partial charge in [0, 0.05) is 0 Å². The van der Waals surface area contributed by atoms with Gasteiger partial charge in [0.25, 0.3) is 0 Å². The van der Waals surface area contributed by atoms with Crippen LogP contribution in [0.25, 0.3) is 22.4 Å². The number of aromatic carboxylic acids is 1. The number of hydrogen-bond acceptors (Lipinski definition) is 3. The van der Waals surface area contributed by atoms with Gasteiger partial charge in [-0.05, 0) is 24.6 Å². The number of nitrogens with zero attached hydrogens (tertiary/aromatic N) is 1. The van der Waals surface area contributed by atoms with Crippen molar-refractivity contribution in [1.29, 1.82) is 0 Å². The maximum Gasteiger partial charge on any atom is 0.337 e. The maximum absolute atomic E-state index is 13.9. The van der Waals surface area contributed by atoms with Crippen LogP contribution in [0.2, 0.25) is 0 Å². The summed E-state index contributed by atoms with van der Waals surface area (Å²) in [6.07, 6.45) is 0. The minimum Gasteiger partial charge on any atom is -0.503 e. The van der Waals surface area contributed by atoms with Crippen molar-refractivity contribution in [2.24, 2.45) is 0 Å². The van der Waals surface area contributed by atoms with Crippen molar-refractivity contribution < 1.29 is 32.6 Å². The van der Waals surface area contributed by atoms with Crippen LogP contribution in [0.3, 0.4) is 0 Å². The number of carbonyl (C=O) groups is 1. The highest BCUT2D eigenvalue weighted by Crippen LogP contribution is 2.35. The molecule has 0 saturated heterocycles. The molecule has 24 heavy (non-hydrogen) atoms. The molecule has 3 N–H and O–H groups in total. The average Bonchev–Trinajstić information content (AvgIpc) is 2.93. The Labute approximate surface area is 131 Å². The fourth-order valence-electron chi connectivity index (χ4n) is 2.37. The molecule has 0 spiro atoms. The van der Waals surface area contributed by atoms with Gasteiger partial charge in [0.1, 0.15) is 11.3 Å². The number of imidazole rings is 1. The first-order valence-electron chi connectivity index (χ1n) is 6.51. The zero-order chi connectivity index (χ0) is 17.8. The number of aromatic amines is 1. The number of carboxylic acid groups (broad SMARTS) is 1. The summed E-state index contributed by atoms with van der Waals surface area (Å²) in [4.78, 5) is 17.4. The van der Waals surface area contributed by atoms with Crippen molar-refractivity contribution in [2.75, 3.05) is 0 Å². The molecule has 0 amide bonds. The SMILES string of the molecule is Cc1cc(C(=O)O)c2nc(-c3c(F)c(F)c(O)c(F)c3F)[nH]c2c1. The van der Waals surface area contributed by atoms with Gasteiger partial charge in [-0.15, -0.1) is 0 Å². The zero-order valence-electron chi connectivity index (χ0n) is 11.9. The second kappa shape index (κ2) is 5.22. The van der Waals surface area contributed by atoms with Crippen molar-refractivity contribution in [3.05, 3.63) is 46.5 Å². The number of H-pyrrole nitrogens is 1. The molecule has 5 nitrogen and oxygen atoms in total. The summed E-state index contributed by atoms with van der Waals surface area (Å²) in [5, 5.41) is 18.2. The topological polar surface area (TPSA) is 86.2 Å². The molecule has 0 saturated carbocycles. The molecule has 0 fully saturated rings. The van der Waals surface area contributed by atoms with E-state index in [-0.39, 0.29) is 16.6 Å². The minimum atomic E-state index is -1.97. The van der Waals surface area contributed by atoms with E-state index in [1.165, 1.54) is 12.1 Å². The lowest BCUT2D eigenvalue weighted by atomic mass is 10.1. The summed E-state index contributed by atoms with van der Waals surface area (Å²) < 4.78 is 54.8. The first-order chi connectivity index (χ1) is 11.2. The highest BCUT2D eigenvalue weighted by Gasteiger charge is 2.28. The molecule has 0 bridgehead atoms. The molecule has 1 aromatic heterocycles. The molecule has 3 rings (SSSR count). The largest absolute Gasteiger partial charge is 0.503 e. The molecule has 2 aromatic carbocycles. The van der Waals surface area contributed by atoms with Gasteiger partial charge in [0.05, 0.1) is 16.6 Å². The van der Waals surface area contributed by atoms with Gasteiger partial charge in [0.2, 0.25) is 11.6 Å². The van der Waals surface area contributed by atoms with Gasteiger partial charge in [-0.25, -0.2) is 18.6 Å². The number of benzene rings is 2. The molecule has 1 heterocycles. The van der Waals surface area contributed by atoms with Crippen molar-refractivity contribution in [3.8, 4) is 17.1 Å². The number of fused-ring (bicyclic) bond motifs is 1. The van der Waals surface area contributed by atoms with E-state index in [1.54, 1.807) is 6.92 Å². The number of aromatic nitrogens is 2. The summed E-state index contributed by atoms with van der Waals surface area (Å²) in [7, 11) is 0. The van der Waals surface area contributed by atoms with E-state index in [4.69, 9.17) is 10.2 Å². The molecule has 3 aromatic rings. The van der Waals surface area contributed by atoms with Crippen LogP contribution >= 0.6 is 0 Å². The van der Waals surface area contributed by atoms with Crippen LogP contribution in [0.4, 0.5) is 17.6 Å². The second-order valence-electron chi connectivity index (χ2n) is 5.08. The highest BCUT2D eigenvalue weighted by atomic mass is 19.2. The Hall–Kier alpha value is -3.10. The summed E-state index contributed by atoms with van der Waals surface area (Å²) in [6.45, 7) is 1.59. The Morgan fingerprint density at radius 3 is 2.21 bits per heavy atom. The molecule has 0 aliphatic heterocycles. The summed E-state index contributed by atoms with van der Waals surface area (Å²) >= 11 is 0. The van der Waals surface area contributed by atoms with Gasteiger partial charge in [-0.3, -0.25) is 0 Å². The van der Waals surface area contributed by atoms with E-state index in [0.29, 0.717) is 5.56 Å². The Morgan fingerprint density at radius 2 is 1.67 bits per heavy atom. The smallest absolute Gasteiger partial charge is 0.337 e. The summed E-state index contributed by atoms with van der Waals surface area (Å²) in [5.74, 6) is -11.4. The molecular weight excluding hydrogens is 332 g/mol. The molecular formula is C15H8F4N2O3. The number of aromatic hydroxyl groups is 1. The molecule has 0 aliphatic rings. The van der Waals surface area contributed by atoms with Crippen LogP contribution in [0, 0.1) is 30.2 Å². The molecule has 0 atom stereocenters. The lowest BCUT2D eigenvalue weighted by Gasteiger charge is -2.06. The first kappa shape index (κ1) is 15.8. The first-order valence-corrected chi connectivity index (χ1v) is 6.51. The number of carboxylic acids is 1. The van der Waals surface area contributed by atoms with E-state index in [2.05, 4.69) is 9.97 Å². The molecule has 9 heteroatoms. The van der Waals surface area contributed by atoms with Gasteiger partial charge < -0.3 is 15.2 Å².